The number of nitrogens with zero attached hydrogens (tertiary/aromatic N) is 1. The van der Waals surface area contributed by atoms with Gasteiger partial charge in [0.1, 0.15) is 11.4 Å². The van der Waals surface area contributed by atoms with Gasteiger partial charge >= 0.3 is 6.09 Å². The summed E-state index contributed by atoms with van der Waals surface area (Å²) in [6.45, 7) is 7.07. The number of anilines is 1. The molecular weight excluding hydrogens is 218 g/mol. The Balaban J connectivity index is 2.02. The van der Waals surface area contributed by atoms with E-state index in [4.69, 9.17) is 4.74 Å². The van der Waals surface area contributed by atoms with Gasteiger partial charge in [0.25, 0.3) is 0 Å². The fourth-order valence-electron chi connectivity index (χ4n) is 1.64. The number of fused-ring (bicyclic) bond motifs is 1. The molecule has 1 amide bonds. The molecule has 0 aliphatic carbocycles. The first-order valence-electron chi connectivity index (χ1n) is 5.63. The molecule has 0 spiro atoms. The van der Waals surface area contributed by atoms with Gasteiger partial charge in [0.05, 0.1) is 5.69 Å². The van der Waals surface area contributed by atoms with E-state index in [2.05, 4.69) is 15.6 Å². The van der Waals surface area contributed by atoms with Crippen LogP contribution in [0.4, 0.5) is 10.6 Å². The predicted octanol–water partition coefficient (Wildman–Crippen LogP) is 2.03. The molecule has 0 saturated carbocycles. The summed E-state index contributed by atoms with van der Waals surface area (Å²) >= 11 is 0. The first-order valence-corrected chi connectivity index (χ1v) is 5.63. The third-order valence-corrected chi connectivity index (χ3v) is 2.31. The Bertz CT molecular complexity index is 438. The molecular formula is C12H17N3O2. The third kappa shape index (κ3) is 3.17. The van der Waals surface area contributed by atoms with Crippen molar-refractivity contribution in [2.75, 3.05) is 5.32 Å². The lowest BCUT2D eigenvalue weighted by molar-refractivity contribution is 0.0635. The van der Waals surface area contributed by atoms with Gasteiger partial charge in [0.15, 0.2) is 0 Å². The summed E-state index contributed by atoms with van der Waals surface area (Å²) in [5.41, 5.74) is 1.67. The molecule has 0 fully saturated rings. The van der Waals surface area contributed by atoms with Gasteiger partial charge in [0, 0.05) is 13.1 Å². The lowest BCUT2D eigenvalue weighted by Gasteiger charge is -2.19. The van der Waals surface area contributed by atoms with Crippen LogP contribution in [0.1, 0.15) is 32.0 Å². The fourth-order valence-corrected chi connectivity index (χ4v) is 1.64. The maximum Gasteiger partial charge on any atom is 0.413 e. The molecule has 5 nitrogen and oxygen atoms in total. The molecule has 17 heavy (non-hydrogen) atoms. The number of hydrogen-bond acceptors (Lipinski definition) is 4. The van der Waals surface area contributed by atoms with E-state index in [0.717, 1.165) is 18.8 Å². The minimum absolute atomic E-state index is 0.476. The molecule has 0 bridgehead atoms. The Morgan fingerprint density at radius 2 is 2.18 bits per heavy atom. The number of rotatable bonds is 1. The van der Waals surface area contributed by atoms with Crippen LogP contribution in [0.15, 0.2) is 12.1 Å². The molecule has 5 heteroatoms. The molecule has 0 unspecified atom stereocenters. The van der Waals surface area contributed by atoms with Crippen molar-refractivity contribution in [1.82, 2.24) is 10.3 Å². The predicted molar refractivity (Wildman–Crippen MR) is 64.6 cm³/mol. The Morgan fingerprint density at radius 3 is 2.88 bits per heavy atom. The fraction of sp³-hybridized carbons (Fsp3) is 0.500. The quantitative estimate of drug-likeness (QED) is 0.781. The van der Waals surface area contributed by atoms with Crippen LogP contribution in [0.3, 0.4) is 0 Å². The zero-order valence-electron chi connectivity index (χ0n) is 10.3. The van der Waals surface area contributed by atoms with Gasteiger partial charge < -0.3 is 10.1 Å². The average Bonchev–Trinajstić information content (AvgIpc) is 2.61. The van der Waals surface area contributed by atoms with Crippen LogP contribution in [0.5, 0.6) is 0 Å². The highest BCUT2D eigenvalue weighted by Crippen LogP contribution is 2.16. The molecule has 0 saturated heterocycles. The largest absolute Gasteiger partial charge is 0.444 e. The highest BCUT2D eigenvalue weighted by molar-refractivity contribution is 5.83. The van der Waals surface area contributed by atoms with E-state index in [0.29, 0.717) is 5.82 Å². The Labute approximate surface area is 101 Å². The van der Waals surface area contributed by atoms with Gasteiger partial charge in [-0.3, -0.25) is 5.32 Å². The maximum atomic E-state index is 11.5. The summed E-state index contributed by atoms with van der Waals surface area (Å²) in [5, 5.41) is 5.83. The minimum atomic E-state index is -0.498. The molecule has 2 N–H and O–H groups in total. The maximum absolute atomic E-state index is 11.5. The van der Waals surface area contributed by atoms with E-state index in [1.807, 2.05) is 26.8 Å². The summed E-state index contributed by atoms with van der Waals surface area (Å²) < 4.78 is 5.16. The highest BCUT2D eigenvalue weighted by atomic mass is 16.6. The summed E-state index contributed by atoms with van der Waals surface area (Å²) in [6.07, 6.45) is -0.476. The minimum Gasteiger partial charge on any atom is -0.444 e. The lowest BCUT2D eigenvalue weighted by atomic mass is 10.2. The lowest BCUT2D eigenvalue weighted by Crippen LogP contribution is -2.27. The zero-order valence-corrected chi connectivity index (χ0v) is 10.3. The van der Waals surface area contributed by atoms with Crippen LogP contribution in [-0.4, -0.2) is 16.7 Å². The number of carbonyl (C=O) groups excluding carboxylic acids is 1. The van der Waals surface area contributed by atoms with Crippen molar-refractivity contribution in [3.63, 3.8) is 0 Å². The smallest absolute Gasteiger partial charge is 0.413 e. The number of amides is 1. The standard InChI is InChI=1S/C12H17N3O2/c1-12(2,3)17-11(16)15-10-5-4-8-6-13-7-9(8)14-10/h4-5,13H,6-7H2,1-3H3,(H,14,15,16). The van der Waals surface area contributed by atoms with Crippen LogP contribution in [0, 0.1) is 0 Å². The Kier molecular flexibility index (Phi) is 3.02. The van der Waals surface area contributed by atoms with Crippen molar-refractivity contribution in [3.05, 3.63) is 23.4 Å². The molecule has 2 rings (SSSR count). The van der Waals surface area contributed by atoms with E-state index < -0.39 is 11.7 Å². The average molecular weight is 235 g/mol. The first-order chi connectivity index (χ1) is 7.94. The van der Waals surface area contributed by atoms with Gasteiger partial charge in [-0.1, -0.05) is 6.07 Å². The van der Waals surface area contributed by atoms with E-state index in [-0.39, 0.29) is 0 Å². The second-order valence-electron chi connectivity index (χ2n) is 5.03. The van der Waals surface area contributed by atoms with Crippen LogP contribution >= 0.6 is 0 Å². The van der Waals surface area contributed by atoms with Crippen molar-refractivity contribution < 1.29 is 9.53 Å². The van der Waals surface area contributed by atoms with Crippen LogP contribution in [-0.2, 0) is 17.8 Å². The molecule has 2 heterocycles. The van der Waals surface area contributed by atoms with Crippen LogP contribution in [0.25, 0.3) is 0 Å². The van der Waals surface area contributed by atoms with E-state index in [1.54, 1.807) is 6.07 Å². The van der Waals surface area contributed by atoms with Gasteiger partial charge in [-0.2, -0.15) is 0 Å². The second kappa shape index (κ2) is 4.33. The van der Waals surface area contributed by atoms with Crippen molar-refractivity contribution in [1.29, 1.82) is 0 Å². The van der Waals surface area contributed by atoms with E-state index in [9.17, 15) is 4.79 Å². The number of pyridine rings is 1. The van der Waals surface area contributed by atoms with Gasteiger partial charge in [-0.15, -0.1) is 0 Å². The highest BCUT2D eigenvalue weighted by Gasteiger charge is 2.17. The topological polar surface area (TPSA) is 63.2 Å². The SMILES string of the molecule is CC(C)(C)OC(=O)Nc1ccc2c(n1)CNC2. The molecule has 0 aromatic carbocycles. The summed E-state index contributed by atoms with van der Waals surface area (Å²) in [6, 6.07) is 3.75. The van der Waals surface area contributed by atoms with Crippen molar-refractivity contribution in [2.24, 2.45) is 0 Å². The number of aromatic nitrogens is 1. The molecule has 0 radical (unpaired) electrons. The molecule has 92 valence electrons. The molecule has 0 atom stereocenters. The van der Waals surface area contributed by atoms with Crippen LogP contribution in [0.2, 0.25) is 0 Å². The molecule has 1 aliphatic rings. The number of carbonyl (C=O) groups is 1. The second-order valence-corrected chi connectivity index (χ2v) is 5.03. The molecule has 1 aromatic heterocycles. The van der Waals surface area contributed by atoms with Gasteiger partial charge in [-0.25, -0.2) is 9.78 Å². The summed E-state index contributed by atoms with van der Waals surface area (Å²) in [4.78, 5) is 15.9. The molecule has 1 aliphatic heterocycles. The Hall–Kier alpha value is -1.62. The molecule has 1 aromatic rings. The number of hydrogen-bond donors (Lipinski definition) is 2. The number of nitrogens with one attached hydrogen (secondary N) is 2. The number of ether oxygens (including phenoxy) is 1. The monoisotopic (exact) mass is 235 g/mol. The van der Waals surface area contributed by atoms with Gasteiger partial charge in [0.2, 0.25) is 0 Å². The first kappa shape index (κ1) is 11.9. The normalized spacial score (nSPS) is 14.3. The third-order valence-electron chi connectivity index (χ3n) is 2.31. The van der Waals surface area contributed by atoms with Crippen molar-refractivity contribution >= 4 is 11.9 Å². The van der Waals surface area contributed by atoms with E-state index in [1.165, 1.54) is 5.56 Å². The van der Waals surface area contributed by atoms with E-state index >= 15 is 0 Å². The van der Waals surface area contributed by atoms with Crippen molar-refractivity contribution in [2.45, 2.75) is 39.5 Å². The van der Waals surface area contributed by atoms with Crippen LogP contribution < -0.4 is 10.6 Å². The Morgan fingerprint density at radius 1 is 1.41 bits per heavy atom. The zero-order chi connectivity index (χ0) is 12.5. The summed E-state index contributed by atoms with van der Waals surface area (Å²) in [5.74, 6) is 0.529. The summed E-state index contributed by atoms with van der Waals surface area (Å²) in [7, 11) is 0. The van der Waals surface area contributed by atoms with Crippen molar-refractivity contribution in [3.8, 4) is 0 Å². The van der Waals surface area contributed by atoms with Gasteiger partial charge in [-0.05, 0) is 32.4 Å².